The quantitative estimate of drug-likeness (QED) is 0.830. The molecule has 0 aromatic carbocycles. The Hall–Kier alpha value is -0.0800. The van der Waals surface area contributed by atoms with E-state index in [0.717, 1.165) is 12.0 Å². The second-order valence-corrected chi connectivity index (χ2v) is 7.64. The van der Waals surface area contributed by atoms with Crippen molar-refractivity contribution in [2.75, 3.05) is 19.6 Å². The van der Waals surface area contributed by atoms with Gasteiger partial charge in [-0.25, -0.2) is 0 Å². The smallest absolute Gasteiger partial charge is 0.0220 e. The highest BCUT2D eigenvalue weighted by Gasteiger charge is 2.66. The number of nitrogens with one attached hydrogen (secondary N) is 1. The van der Waals surface area contributed by atoms with Gasteiger partial charge >= 0.3 is 0 Å². The summed E-state index contributed by atoms with van der Waals surface area (Å²) in [4.78, 5) is 2.77. The fourth-order valence-corrected chi connectivity index (χ4v) is 3.95. The highest BCUT2D eigenvalue weighted by Crippen LogP contribution is 2.65. The molecule has 2 aliphatic rings. The maximum absolute atomic E-state index is 3.76. The molecule has 1 N–H and O–H groups in total. The van der Waals surface area contributed by atoms with E-state index in [1.165, 1.54) is 32.5 Å². The maximum atomic E-state index is 3.76. The SMILES string of the molecule is CCC(C)C1CN(C2C(C)(C)C2(C)C)CCCN1. The lowest BCUT2D eigenvalue weighted by molar-refractivity contribution is 0.201. The van der Waals surface area contributed by atoms with Crippen molar-refractivity contribution in [3.63, 3.8) is 0 Å². The van der Waals surface area contributed by atoms with Crippen molar-refractivity contribution in [2.45, 2.75) is 66.5 Å². The molecular weight excluding hydrogens is 220 g/mol. The lowest BCUT2D eigenvalue weighted by Crippen LogP contribution is -2.43. The molecule has 2 heteroatoms. The van der Waals surface area contributed by atoms with Crippen LogP contribution in [0.1, 0.15) is 54.4 Å². The van der Waals surface area contributed by atoms with Crippen LogP contribution in [0.4, 0.5) is 0 Å². The van der Waals surface area contributed by atoms with E-state index in [2.05, 4.69) is 51.8 Å². The zero-order chi connectivity index (χ0) is 13.6. The molecule has 1 heterocycles. The minimum absolute atomic E-state index is 0.483. The van der Waals surface area contributed by atoms with Crippen molar-refractivity contribution in [1.29, 1.82) is 0 Å². The first-order valence-corrected chi connectivity index (χ1v) is 7.79. The molecule has 0 aromatic heterocycles. The standard InChI is InChI=1S/C16H32N2/c1-7-12(2)13-11-18(10-8-9-17-13)14-15(3,4)16(14,5)6/h12-14,17H,7-11H2,1-6H3. The summed E-state index contributed by atoms with van der Waals surface area (Å²) in [5.41, 5.74) is 0.967. The normalized spacial score (nSPS) is 34.0. The van der Waals surface area contributed by atoms with Gasteiger partial charge in [-0.2, -0.15) is 0 Å². The van der Waals surface area contributed by atoms with Crippen LogP contribution < -0.4 is 5.32 Å². The van der Waals surface area contributed by atoms with Gasteiger partial charge in [0, 0.05) is 18.6 Å². The van der Waals surface area contributed by atoms with Crippen LogP contribution in [0.25, 0.3) is 0 Å². The molecule has 2 fully saturated rings. The summed E-state index contributed by atoms with van der Waals surface area (Å²) in [6.45, 7) is 18.2. The molecule has 2 nitrogen and oxygen atoms in total. The van der Waals surface area contributed by atoms with Gasteiger partial charge in [-0.3, -0.25) is 4.90 Å². The topological polar surface area (TPSA) is 15.3 Å². The van der Waals surface area contributed by atoms with Crippen LogP contribution in [-0.2, 0) is 0 Å². The summed E-state index contributed by atoms with van der Waals surface area (Å²) in [7, 11) is 0. The largest absolute Gasteiger partial charge is 0.312 e. The molecule has 1 saturated carbocycles. The van der Waals surface area contributed by atoms with E-state index in [4.69, 9.17) is 0 Å². The van der Waals surface area contributed by atoms with Gasteiger partial charge in [0.1, 0.15) is 0 Å². The Morgan fingerprint density at radius 3 is 2.33 bits per heavy atom. The molecule has 0 bridgehead atoms. The molecule has 0 amide bonds. The fraction of sp³-hybridized carbons (Fsp3) is 1.00. The van der Waals surface area contributed by atoms with Gasteiger partial charge in [0.05, 0.1) is 0 Å². The molecule has 1 aliphatic carbocycles. The molecular formula is C16H32N2. The van der Waals surface area contributed by atoms with Crippen molar-refractivity contribution in [3.05, 3.63) is 0 Å². The number of hydrogen-bond acceptors (Lipinski definition) is 2. The average Bonchev–Trinajstić information content (AvgIpc) is 2.82. The molecule has 1 aliphatic heterocycles. The Bertz CT molecular complexity index is 281. The summed E-state index contributed by atoms with van der Waals surface area (Å²) in [6.07, 6.45) is 2.58. The predicted octanol–water partition coefficient (Wildman–Crippen LogP) is 3.13. The lowest BCUT2D eigenvalue weighted by atomic mass is 9.98. The first-order chi connectivity index (χ1) is 8.32. The predicted molar refractivity (Wildman–Crippen MR) is 78.8 cm³/mol. The van der Waals surface area contributed by atoms with E-state index >= 15 is 0 Å². The molecule has 1 saturated heterocycles. The maximum Gasteiger partial charge on any atom is 0.0220 e. The van der Waals surface area contributed by atoms with Crippen molar-refractivity contribution >= 4 is 0 Å². The van der Waals surface area contributed by atoms with Crippen LogP contribution in [0.5, 0.6) is 0 Å². The van der Waals surface area contributed by atoms with Gasteiger partial charge in [-0.05, 0) is 36.3 Å². The zero-order valence-electron chi connectivity index (χ0n) is 13.2. The second kappa shape index (κ2) is 4.79. The first-order valence-electron chi connectivity index (χ1n) is 7.79. The molecule has 2 rings (SSSR count). The Morgan fingerprint density at radius 2 is 1.83 bits per heavy atom. The summed E-state index contributed by atoms with van der Waals surface area (Å²) in [5.74, 6) is 0.788. The highest BCUT2D eigenvalue weighted by molar-refractivity contribution is 5.19. The van der Waals surface area contributed by atoms with Crippen LogP contribution in [0.15, 0.2) is 0 Å². The van der Waals surface area contributed by atoms with Crippen molar-refractivity contribution in [2.24, 2.45) is 16.7 Å². The van der Waals surface area contributed by atoms with Crippen molar-refractivity contribution < 1.29 is 0 Å². The van der Waals surface area contributed by atoms with Crippen LogP contribution >= 0.6 is 0 Å². The third-order valence-corrected chi connectivity index (χ3v) is 6.10. The van der Waals surface area contributed by atoms with E-state index in [1.54, 1.807) is 0 Å². The van der Waals surface area contributed by atoms with Crippen molar-refractivity contribution in [1.82, 2.24) is 10.2 Å². The lowest BCUT2D eigenvalue weighted by Gasteiger charge is -2.29. The molecule has 2 atom stereocenters. The van der Waals surface area contributed by atoms with Gasteiger partial charge in [0.2, 0.25) is 0 Å². The van der Waals surface area contributed by atoms with Gasteiger partial charge in [-0.1, -0.05) is 48.0 Å². The Balaban J connectivity index is 2.05. The van der Waals surface area contributed by atoms with E-state index in [-0.39, 0.29) is 0 Å². The van der Waals surface area contributed by atoms with Gasteiger partial charge in [0.25, 0.3) is 0 Å². The Labute approximate surface area is 114 Å². The monoisotopic (exact) mass is 252 g/mol. The first kappa shape index (κ1) is 14.3. The van der Waals surface area contributed by atoms with E-state index in [1.807, 2.05) is 0 Å². The molecule has 2 unspecified atom stereocenters. The van der Waals surface area contributed by atoms with Crippen molar-refractivity contribution in [3.8, 4) is 0 Å². The van der Waals surface area contributed by atoms with Gasteiger partial charge < -0.3 is 5.32 Å². The van der Waals surface area contributed by atoms with E-state index in [0.29, 0.717) is 16.9 Å². The van der Waals surface area contributed by atoms with Crippen LogP contribution in [-0.4, -0.2) is 36.6 Å². The minimum Gasteiger partial charge on any atom is -0.312 e. The fourth-order valence-electron chi connectivity index (χ4n) is 3.95. The third kappa shape index (κ3) is 2.22. The summed E-state index contributed by atoms with van der Waals surface area (Å²) >= 11 is 0. The summed E-state index contributed by atoms with van der Waals surface area (Å²) in [6, 6.07) is 1.46. The van der Waals surface area contributed by atoms with Crippen LogP contribution in [0.3, 0.4) is 0 Å². The van der Waals surface area contributed by atoms with E-state index < -0.39 is 0 Å². The molecule has 0 aromatic rings. The Kier molecular flexibility index (Phi) is 3.81. The third-order valence-electron chi connectivity index (χ3n) is 6.10. The minimum atomic E-state index is 0.483. The summed E-state index contributed by atoms with van der Waals surface area (Å²) in [5, 5.41) is 3.76. The molecule has 0 spiro atoms. The van der Waals surface area contributed by atoms with Gasteiger partial charge in [-0.15, -0.1) is 0 Å². The van der Waals surface area contributed by atoms with Crippen LogP contribution in [0, 0.1) is 16.7 Å². The molecule has 18 heavy (non-hydrogen) atoms. The number of hydrogen-bond donors (Lipinski definition) is 1. The molecule has 106 valence electrons. The number of nitrogens with zero attached hydrogens (tertiary/aromatic N) is 1. The Morgan fingerprint density at radius 1 is 1.22 bits per heavy atom. The number of rotatable bonds is 3. The van der Waals surface area contributed by atoms with E-state index in [9.17, 15) is 0 Å². The zero-order valence-corrected chi connectivity index (χ0v) is 13.2. The average molecular weight is 252 g/mol. The second-order valence-electron chi connectivity index (χ2n) is 7.64. The van der Waals surface area contributed by atoms with Crippen LogP contribution in [0.2, 0.25) is 0 Å². The highest BCUT2D eigenvalue weighted by atomic mass is 15.3. The van der Waals surface area contributed by atoms with Gasteiger partial charge in [0.15, 0.2) is 0 Å². The molecule has 0 radical (unpaired) electrons. The summed E-state index contributed by atoms with van der Waals surface area (Å²) < 4.78 is 0.